The van der Waals surface area contributed by atoms with Crippen LogP contribution in [-0.2, 0) is 6.54 Å². The molecule has 9 nitrogen and oxygen atoms in total. The summed E-state index contributed by atoms with van der Waals surface area (Å²) in [6, 6.07) is 18.7. The number of benzene rings is 2. The van der Waals surface area contributed by atoms with E-state index in [9.17, 15) is 14.9 Å². The first kappa shape index (κ1) is 19.1. The number of nitro groups is 1. The Kier molecular flexibility index (Phi) is 5.08. The lowest BCUT2D eigenvalue weighted by Gasteiger charge is -2.06. The van der Waals surface area contributed by atoms with Crippen LogP contribution in [0.4, 0.5) is 11.5 Å². The molecule has 30 heavy (non-hydrogen) atoms. The summed E-state index contributed by atoms with van der Waals surface area (Å²) < 4.78 is 6.54. The summed E-state index contributed by atoms with van der Waals surface area (Å²) in [6.45, 7) is 1.80. The minimum atomic E-state index is -0.580. The summed E-state index contributed by atoms with van der Waals surface area (Å²) in [5, 5.41) is 21.3. The molecule has 0 atom stereocenters. The van der Waals surface area contributed by atoms with Gasteiger partial charge in [-0.15, -0.1) is 0 Å². The van der Waals surface area contributed by atoms with Crippen molar-refractivity contribution in [2.45, 2.75) is 13.5 Å². The molecule has 2 heterocycles. The lowest BCUT2D eigenvalue weighted by molar-refractivity contribution is -0.389. The van der Waals surface area contributed by atoms with Gasteiger partial charge in [-0.2, -0.15) is 4.68 Å². The second kappa shape index (κ2) is 8.00. The molecule has 2 aromatic heterocycles. The first-order valence-corrected chi connectivity index (χ1v) is 9.11. The largest absolute Gasteiger partial charge is 0.389 e. The van der Waals surface area contributed by atoms with Crippen molar-refractivity contribution in [1.82, 2.24) is 14.9 Å². The number of nitrogens with zero attached hydrogens (tertiary/aromatic N) is 4. The van der Waals surface area contributed by atoms with E-state index in [4.69, 9.17) is 4.52 Å². The molecule has 0 aliphatic rings. The number of nitrogens with one attached hydrogen (secondary N) is 1. The fourth-order valence-electron chi connectivity index (χ4n) is 3.02. The van der Waals surface area contributed by atoms with Crippen molar-refractivity contribution >= 4 is 17.4 Å². The molecule has 9 heteroatoms. The highest BCUT2D eigenvalue weighted by Gasteiger charge is 2.22. The third kappa shape index (κ3) is 3.95. The molecule has 0 radical (unpaired) electrons. The van der Waals surface area contributed by atoms with E-state index in [1.165, 1.54) is 16.9 Å². The molecule has 150 valence electrons. The lowest BCUT2D eigenvalue weighted by atomic mass is 10.1. The molecule has 4 rings (SSSR count). The number of aromatic nitrogens is 3. The maximum absolute atomic E-state index is 12.7. The van der Waals surface area contributed by atoms with Crippen LogP contribution >= 0.6 is 0 Å². The molecule has 2 aromatic carbocycles. The third-order valence-corrected chi connectivity index (χ3v) is 4.58. The minimum Gasteiger partial charge on any atom is -0.361 e. The Hall–Kier alpha value is -4.27. The fraction of sp³-hybridized carbons (Fsp3) is 0.0952. The normalized spacial score (nSPS) is 10.7. The highest BCUT2D eigenvalue weighted by Crippen LogP contribution is 2.22. The molecule has 0 unspecified atom stereocenters. The molecule has 0 saturated carbocycles. The molecule has 4 aromatic rings. The molecule has 0 spiro atoms. The Morgan fingerprint density at radius 2 is 1.80 bits per heavy atom. The van der Waals surface area contributed by atoms with Gasteiger partial charge < -0.3 is 20.0 Å². The predicted molar refractivity (Wildman–Crippen MR) is 109 cm³/mol. The van der Waals surface area contributed by atoms with Gasteiger partial charge in [0.15, 0.2) is 5.69 Å². The number of carbonyl (C=O) groups excluding carboxylic acids is 1. The van der Waals surface area contributed by atoms with Gasteiger partial charge in [0.1, 0.15) is 5.76 Å². The van der Waals surface area contributed by atoms with Gasteiger partial charge in [0, 0.05) is 5.69 Å². The van der Waals surface area contributed by atoms with Crippen LogP contribution in [0.3, 0.4) is 0 Å². The smallest absolute Gasteiger partial charge is 0.361 e. The van der Waals surface area contributed by atoms with Gasteiger partial charge in [-0.25, -0.2) is 0 Å². The monoisotopic (exact) mass is 403 g/mol. The van der Waals surface area contributed by atoms with Crippen molar-refractivity contribution in [2.24, 2.45) is 0 Å². The Balaban J connectivity index is 1.50. The highest BCUT2D eigenvalue weighted by molar-refractivity contribution is 6.04. The zero-order valence-electron chi connectivity index (χ0n) is 16.0. The zero-order chi connectivity index (χ0) is 21.1. The van der Waals surface area contributed by atoms with Crippen LogP contribution in [-0.4, -0.2) is 25.8 Å². The molecule has 0 saturated heterocycles. The van der Waals surface area contributed by atoms with E-state index in [0.717, 1.165) is 11.1 Å². The van der Waals surface area contributed by atoms with Crippen LogP contribution < -0.4 is 5.32 Å². The van der Waals surface area contributed by atoms with E-state index in [1.807, 2.05) is 54.6 Å². The second-order valence-corrected chi connectivity index (χ2v) is 6.59. The predicted octanol–water partition coefficient (Wildman–Crippen LogP) is 4.06. The first-order chi connectivity index (χ1) is 14.5. The quantitative estimate of drug-likeness (QED) is 0.383. The maximum Gasteiger partial charge on any atom is 0.389 e. The van der Waals surface area contributed by atoms with Gasteiger partial charge in [-0.05, 0) is 35.1 Å². The Morgan fingerprint density at radius 1 is 1.10 bits per heavy atom. The van der Waals surface area contributed by atoms with E-state index < -0.39 is 10.8 Å². The maximum atomic E-state index is 12.7. The van der Waals surface area contributed by atoms with Gasteiger partial charge in [0.2, 0.25) is 0 Å². The second-order valence-electron chi connectivity index (χ2n) is 6.59. The summed E-state index contributed by atoms with van der Waals surface area (Å²) in [6.07, 6.45) is 1.47. The Bertz CT molecular complexity index is 1200. The number of anilines is 1. The van der Waals surface area contributed by atoms with Crippen molar-refractivity contribution in [2.75, 3.05) is 5.32 Å². The molecule has 0 fully saturated rings. The molecule has 0 aliphatic heterocycles. The van der Waals surface area contributed by atoms with Crippen LogP contribution in [0, 0.1) is 17.0 Å². The number of aryl methyl sites for hydroxylation is 1. The summed E-state index contributed by atoms with van der Waals surface area (Å²) in [4.78, 5) is 23.0. The molecular formula is C21H17N5O4. The molecule has 1 N–H and O–H groups in total. The van der Waals surface area contributed by atoms with Crippen LogP contribution in [0.1, 0.15) is 21.8 Å². The van der Waals surface area contributed by atoms with Gasteiger partial charge in [-0.3, -0.25) is 4.79 Å². The van der Waals surface area contributed by atoms with E-state index in [2.05, 4.69) is 15.6 Å². The number of carbonyl (C=O) groups is 1. The van der Waals surface area contributed by atoms with Crippen LogP contribution in [0.15, 0.2) is 71.4 Å². The lowest BCUT2D eigenvalue weighted by Crippen LogP contribution is -2.16. The van der Waals surface area contributed by atoms with E-state index >= 15 is 0 Å². The molecule has 1 amide bonds. The van der Waals surface area contributed by atoms with Crippen LogP contribution in [0.2, 0.25) is 0 Å². The van der Waals surface area contributed by atoms with Crippen molar-refractivity contribution in [3.8, 4) is 11.1 Å². The van der Waals surface area contributed by atoms with Gasteiger partial charge in [0.05, 0.1) is 29.5 Å². The minimum absolute atomic E-state index is 0.109. The number of rotatable bonds is 6. The van der Waals surface area contributed by atoms with E-state index in [0.29, 0.717) is 17.0 Å². The number of hydrogen-bond acceptors (Lipinski definition) is 6. The Morgan fingerprint density at radius 3 is 2.47 bits per heavy atom. The average Bonchev–Trinajstić information content (AvgIpc) is 3.37. The SMILES string of the molecule is Cc1onc(C(=O)Nc2ccc(-c3ccccc3)cc2)c1Cn1ccc([N+](=O)[O-])n1. The highest BCUT2D eigenvalue weighted by atomic mass is 16.6. The third-order valence-electron chi connectivity index (χ3n) is 4.58. The summed E-state index contributed by atoms with van der Waals surface area (Å²) >= 11 is 0. The molecule has 0 aliphatic carbocycles. The van der Waals surface area contributed by atoms with Crippen molar-refractivity contribution < 1.29 is 14.2 Å². The number of amides is 1. The summed E-state index contributed by atoms with van der Waals surface area (Å²) in [5.41, 5.74) is 3.34. The van der Waals surface area contributed by atoms with Gasteiger partial charge in [-0.1, -0.05) is 47.6 Å². The Labute approximate surface area is 171 Å². The molecule has 0 bridgehead atoms. The first-order valence-electron chi connectivity index (χ1n) is 9.11. The van der Waals surface area contributed by atoms with Crippen molar-refractivity contribution in [3.05, 3.63) is 94.0 Å². The molecular weight excluding hydrogens is 386 g/mol. The van der Waals surface area contributed by atoms with Crippen molar-refractivity contribution in [3.63, 3.8) is 0 Å². The van der Waals surface area contributed by atoms with Crippen LogP contribution in [0.5, 0.6) is 0 Å². The number of hydrogen-bond donors (Lipinski definition) is 1. The standard InChI is InChI=1S/C21H17N5O4/c1-14-18(13-25-12-11-19(23-25)26(28)29)20(24-30-14)21(27)22-17-9-7-16(8-10-17)15-5-3-2-4-6-15/h2-12H,13H2,1H3,(H,22,27). The van der Waals surface area contributed by atoms with Gasteiger partial charge in [0.25, 0.3) is 5.91 Å². The summed E-state index contributed by atoms with van der Waals surface area (Å²) in [7, 11) is 0. The zero-order valence-corrected chi connectivity index (χ0v) is 16.0. The van der Waals surface area contributed by atoms with Crippen molar-refractivity contribution in [1.29, 1.82) is 0 Å². The van der Waals surface area contributed by atoms with Gasteiger partial charge >= 0.3 is 5.82 Å². The van der Waals surface area contributed by atoms with Crippen LogP contribution in [0.25, 0.3) is 11.1 Å². The summed E-state index contributed by atoms with van der Waals surface area (Å²) in [5.74, 6) is -0.262. The fourth-order valence-corrected chi connectivity index (χ4v) is 3.02. The topological polar surface area (TPSA) is 116 Å². The van der Waals surface area contributed by atoms with E-state index in [-0.39, 0.29) is 18.1 Å². The average molecular weight is 403 g/mol. The van der Waals surface area contributed by atoms with E-state index in [1.54, 1.807) is 6.92 Å².